The molecule has 2 aromatic rings. The molecule has 0 aliphatic heterocycles. The van der Waals surface area contributed by atoms with E-state index < -0.39 is 23.2 Å². The Morgan fingerprint density at radius 2 is 1.83 bits per heavy atom. The van der Waals surface area contributed by atoms with E-state index in [-0.39, 0.29) is 28.5 Å². The average molecular weight is 344 g/mol. The zero-order valence-electron chi connectivity index (χ0n) is 12.1. The van der Waals surface area contributed by atoms with E-state index in [9.17, 15) is 13.6 Å². The Morgan fingerprint density at radius 1 is 1.22 bits per heavy atom. The van der Waals surface area contributed by atoms with Gasteiger partial charge in [-0.05, 0) is 13.8 Å². The topological polar surface area (TPSA) is 68.7 Å². The predicted molar refractivity (Wildman–Crippen MR) is 78.4 cm³/mol. The second kappa shape index (κ2) is 6.78. The number of ether oxygens (including phenoxy) is 2. The minimum atomic E-state index is -1.70. The van der Waals surface area contributed by atoms with E-state index in [2.05, 4.69) is 4.98 Å². The lowest BCUT2D eigenvalue weighted by molar-refractivity contribution is 0.0686. The van der Waals surface area contributed by atoms with Crippen LogP contribution in [0, 0.1) is 11.6 Å². The van der Waals surface area contributed by atoms with E-state index in [1.54, 1.807) is 13.8 Å². The van der Waals surface area contributed by atoms with E-state index in [0.717, 1.165) is 12.1 Å². The van der Waals surface area contributed by atoms with Crippen molar-refractivity contribution in [3.05, 3.63) is 46.6 Å². The van der Waals surface area contributed by atoms with Crippen LogP contribution in [-0.2, 0) is 0 Å². The van der Waals surface area contributed by atoms with Crippen molar-refractivity contribution in [1.29, 1.82) is 0 Å². The number of aromatic carboxylic acids is 1. The van der Waals surface area contributed by atoms with Gasteiger partial charge < -0.3 is 14.6 Å². The number of carbonyl (C=O) groups is 1. The molecule has 0 fully saturated rings. The van der Waals surface area contributed by atoms with Crippen molar-refractivity contribution in [3.8, 4) is 17.4 Å². The fourth-order valence-corrected chi connectivity index (χ4v) is 1.92. The average Bonchev–Trinajstić information content (AvgIpc) is 2.40. The van der Waals surface area contributed by atoms with Gasteiger partial charge in [0.15, 0.2) is 0 Å². The summed E-state index contributed by atoms with van der Waals surface area (Å²) in [4.78, 5) is 14.7. The first-order valence-corrected chi connectivity index (χ1v) is 6.88. The number of hydrogen-bond acceptors (Lipinski definition) is 4. The number of carboxylic acid groups (broad SMARTS) is 1. The zero-order valence-corrected chi connectivity index (χ0v) is 12.9. The van der Waals surface area contributed by atoms with Crippen LogP contribution in [0.5, 0.6) is 17.4 Å². The van der Waals surface area contributed by atoms with Crippen LogP contribution in [0.4, 0.5) is 8.78 Å². The van der Waals surface area contributed by atoms with Crippen LogP contribution in [0.25, 0.3) is 0 Å². The standard InChI is InChI=1S/C15H12ClF2NO4/c1-7(2)22-14-10(16)3-9(6-19-14)23-8-4-11(17)13(15(20)21)12(18)5-8/h3-7H,1-2H3,(H,20,21). The molecule has 0 saturated carbocycles. The molecular formula is C15H12ClF2NO4. The lowest BCUT2D eigenvalue weighted by atomic mass is 10.2. The zero-order chi connectivity index (χ0) is 17.1. The normalized spacial score (nSPS) is 10.7. The van der Waals surface area contributed by atoms with Crippen LogP contribution in [0.3, 0.4) is 0 Å². The number of halogens is 3. The minimum absolute atomic E-state index is 0.119. The number of pyridine rings is 1. The van der Waals surface area contributed by atoms with Gasteiger partial charge in [-0.1, -0.05) is 11.6 Å². The molecule has 0 radical (unpaired) electrons. The van der Waals surface area contributed by atoms with Crippen LogP contribution in [0.2, 0.25) is 5.02 Å². The number of nitrogens with zero attached hydrogens (tertiary/aromatic N) is 1. The molecule has 0 spiro atoms. The van der Waals surface area contributed by atoms with E-state index in [1.807, 2.05) is 0 Å². The third kappa shape index (κ3) is 4.07. The second-order valence-corrected chi connectivity index (χ2v) is 5.20. The van der Waals surface area contributed by atoms with Crippen LogP contribution in [-0.4, -0.2) is 22.2 Å². The third-order valence-corrected chi connectivity index (χ3v) is 2.87. The van der Waals surface area contributed by atoms with Gasteiger partial charge in [-0.3, -0.25) is 0 Å². The summed E-state index contributed by atoms with van der Waals surface area (Å²) in [5.41, 5.74) is -1.05. The molecule has 8 heteroatoms. The van der Waals surface area contributed by atoms with Gasteiger partial charge in [0.1, 0.15) is 33.7 Å². The minimum Gasteiger partial charge on any atom is -0.477 e. The first kappa shape index (κ1) is 17.0. The summed E-state index contributed by atoms with van der Waals surface area (Å²) < 4.78 is 37.8. The molecule has 0 aliphatic carbocycles. The van der Waals surface area contributed by atoms with E-state index in [4.69, 9.17) is 26.2 Å². The Morgan fingerprint density at radius 3 is 2.30 bits per heavy atom. The number of hydrogen-bond donors (Lipinski definition) is 1. The fourth-order valence-electron chi connectivity index (χ4n) is 1.72. The maximum atomic E-state index is 13.6. The number of carboxylic acids is 1. The highest BCUT2D eigenvalue weighted by atomic mass is 35.5. The highest BCUT2D eigenvalue weighted by Crippen LogP contribution is 2.30. The molecule has 5 nitrogen and oxygen atoms in total. The first-order chi connectivity index (χ1) is 10.8. The molecular weight excluding hydrogens is 332 g/mol. The highest BCUT2D eigenvalue weighted by molar-refractivity contribution is 6.31. The third-order valence-electron chi connectivity index (χ3n) is 2.59. The number of benzene rings is 1. The molecule has 0 atom stereocenters. The summed E-state index contributed by atoms with van der Waals surface area (Å²) in [5, 5.41) is 8.87. The quantitative estimate of drug-likeness (QED) is 0.877. The Bertz CT molecular complexity index is 729. The number of aromatic nitrogens is 1. The molecule has 23 heavy (non-hydrogen) atoms. The summed E-state index contributed by atoms with van der Waals surface area (Å²) in [6, 6.07) is 2.89. The molecule has 0 amide bonds. The van der Waals surface area contributed by atoms with Gasteiger partial charge >= 0.3 is 5.97 Å². The van der Waals surface area contributed by atoms with Gasteiger partial charge in [-0.25, -0.2) is 18.6 Å². The summed E-state index contributed by atoms with van der Waals surface area (Å²) in [5.74, 6) is -4.09. The van der Waals surface area contributed by atoms with Gasteiger partial charge in [0, 0.05) is 18.2 Å². The monoisotopic (exact) mass is 343 g/mol. The predicted octanol–water partition coefficient (Wildman–Crippen LogP) is 4.29. The molecule has 0 saturated heterocycles. The van der Waals surface area contributed by atoms with Gasteiger partial charge in [-0.15, -0.1) is 0 Å². The smallest absolute Gasteiger partial charge is 0.341 e. The largest absolute Gasteiger partial charge is 0.477 e. The summed E-state index contributed by atoms with van der Waals surface area (Å²) in [6.07, 6.45) is 1.14. The first-order valence-electron chi connectivity index (χ1n) is 6.50. The maximum Gasteiger partial charge on any atom is 0.341 e. The van der Waals surface area contributed by atoms with Crippen molar-refractivity contribution in [2.45, 2.75) is 20.0 Å². The molecule has 0 bridgehead atoms. The lowest BCUT2D eigenvalue weighted by Crippen LogP contribution is -2.07. The van der Waals surface area contributed by atoms with Crippen LogP contribution < -0.4 is 9.47 Å². The summed E-state index contributed by atoms with van der Waals surface area (Å²) in [7, 11) is 0. The highest BCUT2D eigenvalue weighted by Gasteiger charge is 2.19. The molecule has 2 rings (SSSR count). The maximum absolute atomic E-state index is 13.6. The van der Waals surface area contributed by atoms with Crippen LogP contribution >= 0.6 is 11.6 Å². The van der Waals surface area contributed by atoms with E-state index >= 15 is 0 Å². The van der Waals surface area contributed by atoms with Crippen molar-refractivity contribution in [1.82, 2.24) is 4.98 Å². The molecule has 122 valence electrons. The molecule has 1 heterocycles. The van der Waals surface area contributed by atoms with Gasteiger partial charge in [0.25, 0.3) is 0 Å². The second-order valence-electron chi connectivity index (χ2n) is 4.79. The fraction of sp³-hybridized carbons (Fsp3) is 0.200. The molecule has 0 unspecified atom stereocenters. The van der Waals surface area contributed by atoms with Crippen LogP contribution in [0.15, 0.2) is 24.4 Å². The van der Waals surface area contributed by atoms with Crippen molar-refractivity contribution in [2.24, 2.45) is 0 Å². The molecule has 1 aromatic carbocycles. The Balaban J connectivity index is 2.26. The van der Waals surface area contributed by atoms with Crippen molar-refractivity contribution >= 4 is 17.6 Å². The van der Waals surface area contributed by atoms with Crippen LogP contribution in [0.1, 0.15) is 24.2 Å². The summed E-state index contributed by atoms with van der Waals surface area (Å²) >= 11 is 5.98. The Kier molecular flexibility index (Phi) is 5.00. The Hall–Kier alpha value is -2.41. The number of rotatable bonds is 5. The van der Waals surface area contributed by atoms with Crippen molar-refractivity contribution < 1.29 is 28.2 Å². The molecule has 0 aliphatic rings. The SMILES string of the molecule is CC(C)Oc1ncc(Oc2cc(F)c(C(=O)O)c(F)c2)cc1Cl. The van der Waals surface area contributed by atoms with E-state index in [0.29, 0.717) is 0 Å². The lowest BCUT2D eigenvalue weighted by Gasteiger charge is -2.12. The van der Waals surface area contributed by atoms with Crippen molar-refractivity contribution in [3.63, 3.8) is 0 Å². The van der Waals surface area contributed by atoms with Gasteiger partial charge in [0.2, 0.25) is 5.88 Å². The molecule has 1 aromatic heterocycles. The van der Waals surface area contributed by atoms with Gasteiger partial charge in [-0.2, -0.15) is 0 Å². The van der Waals surface area contributed by atoms with Crippen molar-refractivity contribution in [2.75, 3.05) is 0 Å². The Labute approximate surface area is 135 Å². The summed E-state index contributed by atoms with van der Waals surface area (Å²) in [6.45, 7) is 3.61. The van der Waals surface area contributed by atoms with E-state index in [1.165, 1.54) is 12.3 Å². The van der Waals surface area contributed by atoms with Gasteiger partial charge in [0.05, 0.1) is 12.3 Å². The molecule has 1 N–H and O–H groups in total.